The molecule has 1 aromatic heterocycles. The normalized spacial score (nSPS) is 13.0. The third kappa shape index (κ3) is 5.37. The summed E-state index contributed by atoms with van der Waals surface area (Å²) in [6.45, 7) is 1.56. The summed E-state index contributed by atoms with van der Waals surface area (Å²) in [5, 5.41) is 5.16. The number of ether oxygens (including phenoxy) is 2. The Balaban J connectivity index is 2.84. The van der Waals surface area contributed by atoms with Gasteiger partial charge in [-0.2, -0.15) is 0 Å². The van der Waals surface area contributed by atoms with Gasteiger partial charge in [0.2, 0.25) is 10.0 Å². The van der Waals surface area contributed by atoms with E-state index in [0.717, 1.165) is 0 Å². The molecule has 0 radical (unpaired) electrons. The van der Waals surface area contributed by atoms with Crippen LogP contribution in [0.2, 0.25) is 0 Å². The first-order valence-electron chi connectivity index (χ1n) is 6.06. The number of halogens is 1. The summed E-state index contributed by atoms with van der Waals surface area (Å²) in [5.41, 5.74) is 0.672. The number of aryl methyl sites for hydroxylation is 1. The fourth-order valence-corrected chi connectivity index (χ4v) is 2.81. The molecular weight excluding hydrogens is 303 g/mol. The van der Waals surface area contributed by atoms with Gasteiger partial charge in [-0.25, -0.2) is 22.7 Å². The van der Waals surface area contributed by atoms with E-state index in [0.29, 0.717) is 5.56 Å². The van der Waals surface area contributed by atoms with Crippen LogP contribution >= 0.6 is 0 Å². The first kappa shape index (κ1) is 17.5. The standard InChI is InChI=1S/C12H17FN2O5S/c1-8-3-4-15-10(12(8)21(14,17)18)5-9(2)20-11(16)6-19-7-13/h3-4,9H,5-7H2,1-2H3,(H2,14,17,18). The highest BCUT2D eigenvalue weighted by Crippen LogP contribution is 2.18. The first-order valence-corrected chi connectivity index (χ1v) is 7.60. The van der Waals surface area contributed by atoms with E-state index in [1.807, 2.05) is 0 Å². The van der Waals surface area contributed by atoms with Crippen LogP contribution < -0.4 is 5.14 Å². The molecule has 7 nitrogen and oxygen atoms in total. The van der Waals surface area contributed by atoms with Gasteiger partial charge in [0.05, 0.1) is 5.69 Å². The highest BCUT2D eigenvalue weighted by Gasteiger charge is 2.21. The molecule has 0 spiro atoms. The number of esters is 1. The number of alkyl halides is 1. The topological polar surface area (TPSA) is 109 Å². The Morgan fingerprint density at radius 3 is 2.76 bits per heavy atom. The molecule has 1 unspecified atom stereocenters. The zero-order valence-electron chi connectivity index (χ0n) is 11.7. The lowest BCUT2D eigenvalue weighted by Gasteiger charge is -2.15. The maximum absolute atomic E-state index is 11.7. The number of pyridine rings is 1. The Morgan fingerprint density at radius 1 is 1.52 bits per heavy atom. The number of hydrogen-bond donors (Lipinski definition) is 1. The van der Waals surface area contributed by atoms with Crippen molar-refractivity contribution in [3.8, 4) is 0 Å². The van der Waals surface area contributed by atoms with Crippen molar-refractivity contribution in [2.45, 2.75) is 31.3 Å². The summed E-state index contributed by atoms with van der Waals surface area (Å²) in [5.74, 6) is -0.745. The monoisotopic (exact) mass is 320 g/mol. The van der Waals surface area contributed by atoms with Crippen molar-refractivity contribution < 1.29 is 27.1 Å². The average Bonchev–Trinajstić information content (AvgIpc) is 2.34. The summed E-state index contributed by atoms with van der Waals surface area (Å²) >= 11 is 0. The van der Waals surface area contributed by atoms with Gasteiger partial charge in [-0.05, 0) is 25.5 Å². The summed E-state index contributed by atoms with van der Waals surface area (Å²) < 4.78 is 44.2. The third-order valence-electron chi connectivity index (χ3n) is 2.57. The van der Waals surface area contributed by atoms with Crippen LogP contribution in [0.5, 0.6) is 0 Å². The molecule has 0 aliphatic heterocycles. The number of hydrogen-bond acceptors (Lipinski definition) is 6. The van der Waals surface area contributed by atoms with Crippen LogP contribution in [0, 0.1) is 6.92 Å². The predicted molar refractivity (Wildman–Crippen MR) is 71.5 cm³/mol. The van der Waals surface area contributed by atoms with Crippen molar-refractivity contribution in [3.63, 3.8) is 0 Å². The molecule has 0 amide bonds. The molecule has 1 heterocycles. The molecule has 0 aromatic carbocycles. The number of carbonyl (C=O) groups is 1. The van der Waals surface area contributed by atoms with Crippen LogP contribution in [-0.4, -0.2) is 38.9 Å². The largest absolute Gasteiger partial charge is 0.461 e. The van der Waals surface area contributed by atoms with Crippen molar-refractivity contribution in [3.05, 3.63) is 23.5 Å². The van der Waals surface area contributed by atoms with Crippen LogP contribution in [0.15, 0.2) is 17.2 Å². The molecule has 0 bridgehead atoms. The molecule has 0 saturated carbocycles. The van der Waals surface area contributed by atoms with Crippen LogP contribution in [0.1, 0.15) is 18.2 Å². The number of aromatic nitrogens is 1. The second kappa shape index (κ2) is 7.43. The third-order valence-corrected chi connectivity index (χ3v) is 3.70. The number of nitrogens with two attached hydrogens (primary N) is 1. The van der Waals surface area contributed by atoms with Gasteiger partial charge in [-0.15, -0.1) is 0 Å². The lowest BCUT2D eigenvalue weighted by molar-refractivity contribution is -0.155. The lowest BCUT2D eigenvalue weighted by Crippen LogP contribution is -2.24. The molecule has 0 aliphatic rings. The highest BCUT2D eigenvalue weighted by molar-refractivity contribution is 7.89. The number of primary sulfonamides is 1. The summed E-state index contributed by atoms with van der Waals surface area (Å²) in [6, 6.07) is 1.52. The zero-order valence-corrected chi connectivity index (χ0v) is 12.5. The van der Waals surface area contributed by atoms with Gasteiger partial charge >= 0.3 is 5.97 Å². The SMILES string of the molecule is Cc1ccnc(CC(C)OC(=O)COCF)c1S(N)(=O)=O. The average molecular weight is 320 g/mol. The molecular formula is C12H17FN2O5S. The Hall–Kier alpha value is -1.58. The molecule has 1 aromatic rings. The Morgan fingerprint density at radius 2 is 2.19 bits per heavy atom. The minimum atomic E-state index is -3.93. The molecule has 118 valence electrons. The van der Waals surface area contributed by atoms with Gasteiger partial charge < -0.3 is 9.47 Å². The zero-order chi connectivity index (χ0) is 16.0. The molecule has 1 rings (SSSR count). The van der Waals surface area contributed by atoms with E-state index in [1.54, 1.807) is 13.8 Å². The van der Waals surface area contributed by atoms with Gasteiger partial charge in [0, 0.05) is 12.6 Å². The Bertz CT molecular complexity index is 606. The van der Waals surface area contributed by atoms with Gasteiger partial charge in [0.15, 0.2) is 6.86 Å². The van der Waals surface area contributed by atoms with Gasteiger partial charge in [-0.1, -0.05) is 0 Å². The Kier molecular flexibility index (Phi) is 6.19. The fourth-order valence-electron chi connectivity index (χ4n) is 1.83. The van der Waals surface area contributed by atoms with Crippen LogP contribution in [-0.2, 0) is 30.7 Å². The second-order valence-electron chi connectivity index (χ2n) is 4.41. The molecule has 0 aliphatic carbocycles. The smallest absolute Gasteiger partial charge is 0.332 e. The van der Waals surface area contributed by atoms with E-state index in [1.165, 1.54) is 12.3 Å². The first-order chi connectivity index (χ1) is 9.75. The number of nitrogens with zero attached hydrogens (tertiary/aromatic N) is 1. The van der Waals surface area contributed by atoms with E-state index in [4.69, 9.17) is 9.88 Å². The molecule has 21 heavy (non-hydrogen) atoms. The quantitative estimate of drug-likeness (QED) is 0.731. The van der Waals surface area contributed by atoms with Crippen LogP contribution in [0.3, 0.4) is 0 Å². The number of carbonyl (C=O) groups excluding carboxylic acids is 1. The van der Waals surface area contributed by atoms with E-state index in [-0.39, 0.29) is 17.0 Å². The van der Waals surface area contributed by atoms with E-state index in [9.17, 15) is 17.6 Å². The van der Waals surface area contributed by atoms with Gasteiger partial charge in [0.25, 0.3) is 0 Å². The lowest BCUT2D eigenvalue weighted by atomic mass is 10.1. The molecule has 1 atom stereocenters. The summed E-state index contributed by atoms with van der Waals surface area (Å²) in [6.07, 6.45) is 0.852. The van der Waals surface area contributed by atoms with Crippen LogP contribution in [0.25, 0.3) is 0 Å². The molecule has 0 saturated heterocycles. The van der Waals surface area contributed by atoms with Crippen molar-refractivity contribution in [1.29, 1.82) is 0 Å². The minimum absolute atomic E-state index is 0.0643. The minimum Gasteiger partial charge on any atom is -0.461 e. The van der Waals surface area contributed by atoms with E-state index >= 15 is 0 Å². The van der Waals surface area contributed by atoms with Crippen molar-refractivity contribution in [2.75, 3.05) is 13.5 Å². The van der Waals surface area contributed by atoms with E-state index < -0.39 is 35.6 Å². The number of rotatable bonds is 7. The highest BCUT2D eigenvalue weighted by atomic mass is 32.2. The molecule has 2 N–H and O–H groups in total. The second-order valence-corrected chi connectivity index (χ2v) is 5.91. The summed E-state index contributed by atoms with van der Waals surface area (Å²) in [7, 11) is -3.93. The predicted octanol–water partition coefficient (Wildman–Crippen LogP) is 0.455. The molecule has 0 fully saturated rings. The number of sulfonamides is 1. The maximum atomic E-state index is 11.7. The van der Waals surface area contributed by atoms with Crippen molar-refractivity contribution in [2.24, 2.45) is 5.14 Å². The van der Waals surface area contributed by atoms with Gasteiger partial charge in [-0.3, -0.25) is 4.98 Å². The van der Waals surface area contributed by atoms with Crippen molar-refractivity contribution in [1.82, 2.24) is 4.98 Å². The summed E-state index contributed by atoms with van der Waals surface area (Å²) in [4.78, 5) is 15.2. The van der Waals surface area contributed by atoms with Gasteiger partial charge in [0.1, 0.15) is 17.6 Å². The maximum Gasteiger partial charge on any atom is 0.332 e. The Labute approximate surface area is 122 Å². The van der Waals surface area contributed by atoms with E-state index in [2.05, 4.69) is 9.72 Å². The fraction of sp³-hybridized carbons (Fsp3) is 0.500. The van der Waals surface area contributed by atoms with Crippen LogP contribution in [0.4, 0.5) is 4.39 Å². The van der Waals surface area contributed by atoms with Crippen molar-refractivity contribution >= 4 is 16.0 Å². The molecule has 9 heteroatoms.